The molecule has 1 amide bonds. The molecule has 1 aromatic rings. The van der Waals surface area contributed by atoms with Crippen LogP contribution in [0.3, 0.4) is 0 Å². The van der Waals surface area contributed by atoms with Crippen molar-refractivity contribution < 1.29 is 4.79 Å². The molecule has 0 bridgehead atoms. The molecule has 1 atom stereocenters. The molecule has 0 spiro atoms. The van der Waals surface area contributed by atoms with Gasteiger partial charge in [0.1, 0.15) is 5.82 Å². The molecule has 1 unspecified atom stereocenters. The zero-order valence-corrected chi connectivity index (χ0v) is 13.1. The number of hydrogen-bond acceptors (Lipinski definition) is 3. The van der Waals surface area contributed by atoms with Gasteiger partial charge in [-0.25, -0.2) is 0 Å². The Morgan fingerprint density at radius 3 is 2.60 bits per heavy atom. The van der Waals surface area contributed by atoms with Gasteiger partial charge in [-0.3, -0.25) is 14.4 Å². The van der Waals surface area contributed by atoms with Gasteiger partial charge in [0.15, 0.2) is 0 Å². The maximum absolute atomic E-state index is 12.4. The summed E-state index contributed by atoms with van der Waals surface area (Å²) in [6, 6.07) is -0.0739. The summed E-state index contributed by atoms with van der Waals surface area (Å²) in [7, 11) is 1.88. The number of carbonyl (C=O) groups is 1. The maximum atomic E-state index is 12.4. The van der Waals surface area contributed by atoms with Crippen LogP contribution >= 0.6 is 0 Å². The number of aromatic nitrogens is 2. The molecule has 2 rings (SSSR count). The summed E-state index contributed by atoms with van der Waals surface area (Å²) in [6.07, 6.45) is 4.56. The number of amides is 1. The van der Waals surface area contributed by atoms with Gasteiger partial charge in [-0.15, -0.1) is 0 Å². The van der Waals surface area contributed by atoms with E-state index in [-0.39, 0.29) is 11.9 Å². The van der Waals surface area contributed by atoms with Crippen LogP contribution in [0.1, 0.15) is 44.4 Å². The lowest BCUT2D eigenvalue weighted by atomic mass is 10.1. The Morgan fingerprint density at radius 2 is 2.00 bits per heavy atom. The van der Waals surface area contributed by atoms with Gasteiger partial charge in [-0.05, 0) is 46.2 Å². The second-order valence-electron chi connectivity index (χ2n) is 5.65. The minimum absolute atomic E-state index is 0.0737. The highest BCUT2D eigenvalue weighted by Gasteiger charge is 2.24. The van der Waals surface area contributed by atoms with Crippen molar-refractivity contribution in [2.24, 2.45) is 7.05 Å². The fourth-order valence-electron chi connectivity index (χ4n) is 2.97. The lowest BCUT2D eigenvalue weighted by Crippen LogP contribution is -2.44. The van der Waals surface area contributed by atoms with E-state index >= 15 is 0 Å². The summed E-state index contributed by atoms with van der Waals surface area (Å²) in [6.45, 7) is 8.13. The first-order valence-corrected chi connectivity index (χ1v) is 7.62. The standard InChI is InChI=1S/C15H26N4O/c1-5-13-11(2)17-18(4)14(13)16-15(20)12(3)19-9-7-6-8-10-19/h12H,5-10H2,1-4H3,(H,16,20). The Hall–Kier alpha value is -1.36. The minimum atomic E-state index is -0.0739. The third-order valence-electron chi connectivity index (χ3n) is 4.26. The van der Waals surface area contributed by atoms with Crippen LogP contribution in [0.25, 0.3) is 0 Å². The fraction of sp³-hybridized carbons (Fsp3) is 0.733. The molecule has 0 radical (unpaired) electrons. The van der Waals surface area contributed by atoms with E-state index < -0.39 is 0 Å². The highest BCUT2D eigenvalue weighted by atomic mass is 16.2. The highest BCUT2D eigenvalue weighted by Crippen LogP contribution is 2.20. The van der Waals surface area contributed by atoms with Crippen LogP contribution < -0.4 is 5.32 Å². The van der Waals surface area contributed by atoms with Crippen molar-refractivity contribution in [2.45, 2.75) is 52.5 Å². The van der Waals surface area contributed by atoms with Gasteiger partial charge in [0.05, 0.1) is 11.7 Å². The van der Waals surface area contributed by atoms with Crippen molar-refractivity contribution in [1.29, 1.82) is 0 Å². The quantitative estimate of drug-likeness (QED) is 0.917. The van der Waals surface area contributed by atoms with E-state index in [2.05, 4.69) is 22.2 Å². The van der Waals surface area contributed by atoms with Crippen molar-refractivity contribution in [1.82, 2.24) is 14.7 Å². The van der Waals surface area contributed by atoms with Crippen molar-refractivity contribution in [3.63, 3.8) is 0 Å². The van der Waals surface area contributed by atoms with Crippen molar-refractivity contribution in [3.8, 4) is 0 Å². The average Bonchev–Trinajstić information content (AvgIpc) is 2.72. The van der Waals surface area contributed by atoms with E-state index in [0.717, 1.165) is 36.6 Å². The van der Waals surface area contributed by atoms with Crippen molar-refractivity contribution in [2.75, 3.05) is 18.4 Å². The Labute approximate surface area is 121 Å². The molecule has 1 N–H and O–H groups in total. The van der Waals surface area contributed by atoms with Crippen LogP contribution in [0.4, 0.5) is 5.82 Å². The molecule has 20 heavy (non-hydrogen) atoms. The van der Waals surface area contributed by atoms with E-state index in [9.17, 15) is 4.79 Å². The number of aryl methyl sites for hydroxylation is 2. The van der Waals surface area contributed by atoms with Crippen molar-refractivity contribution in [3.05, 3.63) is 11.3 Å². The SMILES string of the molecule is CCc1c(C)nn(C)c1NC(=O)C(C)N1CCCCC1. The smallest absolute Gasteiger partial charge is 0.242 e. The highest BCUT2D eigenvalue weighted by molar-refractivity contribution is 5.94. The molecule has 0 aliphatic carbocycles. The van der Waals surface area contributed by atoms with E-state index in [1.54, 1.807) is 4.68 Å². The molecule has 5 heteroatoms. The van der Waals surface area contributed by atoms with E-state index in [1.807, 2.05) is 20.9 Å². The van der Waals surface area contributed by atoms with Gasteiger partial charge in [-0.1, -0.05) is 13.3 Å². The topological polar surface area (TPSA) is 50.2 Å². The summed E-state index contributed by atoms with van der Waals surface area (Å²) < 4.78 is 1.77. The minimum Gasteiger partial charge on any atom is -0.309 e. The number of rotatable bonds is 4. The van der Waals surface area contributed by atoms with Crippen LogP contribution in [0.15, 0.2) is 0 Å². The number of anilines is 1. The van der Waals surface area contributed by atoms with E-state index in [1.165, 1.54) is 19.3 Å². The van der Waals surface area contributed by atoms with E-state index in [4.69, 9.17) is 0 Å². The van der Waals surface area contributed by atoms with Crippen LogP contribution in [0, 0.1) is 6.92 Å². The summed E-state index contributed by atoms with van der Waals surface area (Å²) in [4.78, 5) is 14.7. The summed E-state index contributed by atoms with van der Waals surface area (Å²) in [5, 5.41) is 7.46. The first-order chi connectivity index (χ1) is 9.54. The first-order valence-electron chi connectivity index (χ1n) is 7.62. The van der Waals surface area contributed by atoms with Gasteiger partial charge in [-0.2, -0.15) is 5.10 Å². The number of piperidine rings is 1. The van der Waals surface area contributed by atoms with E-state index in [0.29, 0.717) is 0 Å². The Bertz CT molecular complexity index is 474. The third-order valence-corrected chi connectivity index (χ3v) is 4.26. The molecule has 1 saturated heterocycles. The van der Waals surface area contributed by atoms with Gasteiger partial charge >= 0.3 is 0 Å². The maximum Gasteiger partial charge on any atom is 0.242 e. The summed E-state index contributed by atoms with van der Waals surface area (Å²) >= 11 is 0. The molecule has 1 fully saturated rings. The lowest BCUT2D eigenvalue weighted by Gasteiger charge is -2.31. The van der Waals surface area contributed by atoms with Crippen LogP contribution in [-0.4, -0.2) is 39.7 Å². The Morgan fingerprint density at radius 1 is 1.35 bits per heavy atom. The molecule has 2 heterocycles. The molecule has 1 aliphatic heterocycles. The first kappa shape index (κ1) is 15.0. The predicted octanol–water partition coefficient (Wildman–Crippen LogP) is 2.10. The van der Waals surface area contributed by atoms with Gasteiger partial charge in [0.25, 0.3) is 0 Å². The predicted molar refractivity (Wildman–Crippen MR) is 80.8 cm³/mol. The second-order valence-corrected chi connectivity index (χ2v) is 5.65. The zero-order chi connectivity index (χ0) is 14.7. The van der Waals surface area contributed by atoms with Gasteiger partial charge in [0, 0.05) is 12.6 Å². The van der Waals surface area contributed by atoms with Crippen molar-refractivity contribution >= 4 is 11.7 Å². The molecule has 0 saturated carbocycles. The molecule has 1 aromatic heterocycles. The van der Waals surface area contributed by atoms with Crippen LogP contribution in [0.2, 0.25) is 0 Å². The normalized spacial score (nSPS) is 18.0. The van der Waals surface area contributed by atoms with Gasteiger partial charge in [0.2, 0.25) is 5.91 Å². The largest absolute Gasteiger partial charge is 0.309 e. The summed E-state index contributed by atoms with van der Waals surface area (Å²) in [5.74, 6) is 0.920. The number of hydrogen-bond donors (Lipinski definition) is 1. The number of nitrogens with zero attached hydrogens (tertiary/aromatic N) is 3. The average molecular weight is 278 g/mol. The molecule has 1 aliphatic rings. The lowest BCUT2D eigenvalue weighted by molar-refractivity contribution is -0.121. The number of likely N-dealkylation sites (tertiary alicyclic amines) is 1. The van der Waals surface area contributed by atoms with Gasteiger partial charge < -0.3 is 5.32 Å². The Balaban J connectivity index is 2.07. The molecule has 5 nitrogen and oxygen atoms in total. The third kappa shape index (κ3) is 3.03. The Kier molecular flexibility index (Phi) is 4.81. The second kappa shape index (κ2) is 6.39. The zero-order valence-electron chi connectivity index (χ0n) is 13.1. The monoisotopic (exact) mass is 278 g/mol. The molecule has 112 valence electrons. The van der Waals surface area contributed by atoms with Crippen LogP contribution in [-0.2, 0) is 18.3 Å². The fourth-order valence-corrected chi connectivity index (χ4v) is 2.97. The molecular formula is C15H26N4O. The summed E-state index contributed by atoms with van der Waals surface area (Å²) in [5.41, 5.74) is 2.13. The van der Waals surface area contributed by atoms with Crippen LogP contribution in [0.5, 0.6) is 0 Å². The number of nitrogens with one attached hydrogen (secondary N) is 1. The molecular weight excluding hydrogens is 252 g/mol. The number of carbonyl (C=O) groups excluding carboxylic acids is 1. The molecule has 0 aromatic carbocycles.